The van der Waals surface area contributed by atoms with Crippen LogP contribution in [0, 0.1) is 0 Å². The third-order valence-electron chi connectivity index (χ3n) is 7.07. The molecular formula is C29H26N4O3. The lowest BCUT2D eigenvalue weighted by atomic mass is 9.77. The Morgan fingerprint density at radius 2 is 1.58 bits per heavy atom. The topological polar surface area (TPSA) is 78.3 Å². The fourth-order valence-corrected chi connectivity index (χ4v) is 5.29. The zero-order valence-electron chi connectivity index (χ0n) is 20.1. The minimum Gasteiger partial charge on any atom is -0.493 e. The maximum absolute atomic E-state index is 13.7. The minimum atomic E-state index is -0.317. The van der Waals surface area contributed by atoms with Crippen LogP contribution < -0.4 is 14.8 Å². The van der Waals surface area contributed by atoms with Crippen LogP contribution in [0.2, 0.25) is 0 Å². The number of hydrogen-bond acceptors (Lipinski definition) is 6. The summed E-state index contributed by atoms with van der Waals surface area (Å²) in [6.45, 7) is 0. The SMILES string of the molecule is COc1ccc(C2CC(=O)C3=C(C2)Nc2ncnn2C3c2ccc(-c3ccccc3)cc2)cc1OC. The van der Waals surface area contributed by atoms with E-state index in [1.54, 1.807) is 14.2 Å². The van der Waals surface area contributed by atoms with Gasteiger partial charge in [-0.25, -0.2) is 4.68 Å². The summed E-state index contributed by atoms with van der Waals surface area (Å²) in [7, 11) is 3.24. The first-order chi connectivity index (χ1) is 17.7. The van der Waals surface area contributed by atoms with Crippen molar-refractivity contribution < 1.29 is 14.3 Å². The molecule has 2 atom stereocenters. The zero-order valence-corrected chi connectivity index (χ0v) is 20.1. The summed E-state index contributed by atoms with van der Waals surface area (Å²) in [5.74, 6) is 2.12. The monoisotopic (exact) mass is 478 g/mol. The van der Waals surface area contributed by atoms with Crippen LogP contribution in [-0.2, 0) is 4.79 Å². The molecule has 180 valence electrons. The molecule has 2 aliphatic rings. The molecule has 2 heterocycles. The Hall–Kier alpha value is -4.39. The van der Waals surface area contributed by atoms with Gasteiger partial charge in [-0.15, -0.1) is 0 Å². The van der Waals surface area contributed by atoms with E-state index in [9.17, 15) is 4.79 Å². The molecule has 1 aliphatic heterocycles. The predicted octanol–water partition coefficient (Wildman–Crippen LogP) is 5.38. The van der Waals surface area contributed by atoms with Crippen molar-refractivity contribution in [3.63, 3.8) is 0 Å². The second-order valence-corrected chi connectivity index (χ2v) is 9.08. The quantitative estimate of drug-likeness (QED) is 0.415. The molecule has 6 rings (SSSR count). The number of ether oxygens (including phenoxy) is 2. The van der Waals surface area contributed by atoms with Crippen molar-refractivity contribution in [3.05, 3.63) is 102 Å². The summed E-state index contributed by atoms with van der Waals surface area (Å²) >= 11 is 0. The molecule has 0 amide bonds. The van der Waals surface area contributed by atoms with Gasteiger partial charge in [-0.2, -0.15) is 10.1 Å². The van der Waals surface area contributed by atoms with Gasteiger partial charge < -0.3 is 14.8 Å². The van der Waals surface area contributed by atoms with Crippen LogP contribution in [0.25, 0.3) is 11.1 Å². The van der Waals surface area contributed by atoms with Crippen molar-refractivity contribution in [2.45, 2.75) is 24.8 Å². The first kappa shape index (κ1) is 22.1. The van der Waals surface area contributed by atoms with Crippen molar-refractivity contribution in [2.24, 2.45) is 0 Å². The molecule has 0 spiro atoms. The Bertz CT molecular complexity index is 1460. The second kappa shape index (κ2) is 9.00. The van der Waals surface area contributed by atoms with Crippen LogP contribution in [0.3, 0.4) is 0 Å². The van der Waals surface area contributed by atoms with E-state index in [-0.39, 0.29) is 17.7 Å². The van der Waals surface area contributed by atoms with E-state index in [0.717, 1.165) is 33.5 Å². The molecule has 7 heteroatoms. The third kappa shape index (κ3) is 3.73. The zero-order chi connectivity index (χ0) is 24.6. The normalized spacial score (nSPS) is 18.8. The maximum atomic E-state index is 13.7. The van der Waals surface area contributed by atoms with Crippen LogP contribution >= 0.6 is 0 Å². The van der Waals surface area contributed by atoms with Crippen molar-refractivity contribution >= 4 is 11.7 Å². The van der Waals surface area contributed by atoms with E-state index >= 15 is 0 Å². The number of ketones is 1. The molecule has 0 saturated heterocycles. The van der Waals surface area contributed by atoms with Crippen LogP contribution in [0.15, 0.2) is 90.4 Å². The van der Waals surface area contributed by atoms with Gasteiger partial charge in [-0.1, -0.05) is 60.7 Å². The van der Waals surface area contributed by atoms with Crippen molar-refractivity contribution in [1.29, 1.82) is 0 Å². The van der Waals surface area contributed by atoms with E-state index in [0.29, 0.717) is 30.3 Å². The average molecular weight is 479 g/mol. The number of benzene rings is 3. The number of methoxy groups -OCH3 is 2. The molecule has 0 bridgehead atoms. The molecule has 7 nitrogen and oxygen atoms in total. The van der Waals surface area contributed by atoms with Crippen molar-refractivity contribution in [2.75, 3.05) is 19.5 Å². The first-order valence-electron chi connectivity index (χ1n) is 12.0. The van der Waals surface area contributed by atoms with E-state index in [1.165, 1.54) is 6.33 Å². The van der Waals surface area contributed by atoms with Gasteiger partial charge in [0.1, 0.15) is 12.4 Å². The molecule has 3 aromatic carbocycles. The molecule has 1 aliphatic carbocycles. The summed E-state index contributed by atoms with van der Waals surface area (Å²) < 4.78 is 12.7. The molecule has 1 aromatic heterocycles. The summed E-state index contributed by atoms with van der Waals surface area (Å²) in [5, 5.41) is 7.86. The molecule has 0 fully saturated rings. The van der Waals surface area contributed by atoms with E-state index < -0.39 is 0 Å². The van der Waals surface area contributed by atoms with Gasteiger partial charge in [0.25, 0.3) is 0 Å². The van der Waals surface area contributed by atoms with Gasteiger partial charge in [0.2, 0.25) is 5.95 Å². The number of fused-ring (bicyclic) bond motifs is 1. The summed E-state index contributed by atoms with van der Waals surface area (Å²) in [5.41, 5.74) is 6.01. The smallest absolute Gasteiger partial charge is 0.226 e. The number of carbonyl (C=O) groups is 1. The number of aromatic nitrogens is 3. The van der Waals surface area contributed by atoms with Crippen molar-refractivity contribution in [3.8, 4) is 22.6 Å². The Labute approximate surface area is 209 Å². The van der Waals surface area contributed by atoms with E-state index in [2.05, 4.69) is 51.8 Å². The Kier molecular flexibility index (Phi) is 5.52. The third-order valence-corrected chi connectivity index (χ3v) is 7.07. The van der Waals surface area contributed by atoms with Crippen LogP contribution in [-0.4, -0.2) is 34.8 Å². The number of Topliss-reactive ketones (excluding diaryl/α,β-unsaturated/α-hetero) is 1. The molecule has 0 saturated carbocycles. The summed E-state index contributed by atoms with van der Waals surface area (Å²) in [4.78, 5) is 18.1. The van der Waals surface area contributed by atoms with Crippen LogP contribution in [0.1, 0.15) is 35.9 Å². The molecule has 0 radical (unpaired) electrons. The fourth-order valence-electron chi connectivity index (χ4n) is 5.29. The van der Waals surface area contributed by atoms with Gasteiger partial charge in [0, 0.05) is 17.7 Å². The number of nitrogens with zero attached hydrogens (tertiary/aromatic N) is 3. The molecule has 36 heavy (non-hydrogen) atoms. The van der Waals surface area contributed by atoms with Gasteiger partial charge >= 0.3 is 0 Å². The van der Waals surface area contributed by atoms with E-state index in [1.807, 2.05) is 41.1 Å². The summed E-state index contributed by atoms with van der Waals surface area (Å²) in [6, 6.07) is 24.2. The Morgan fingerprint density at radius 3 is 2.33 bits per heavy atom. The van der Waals surface area contributed by atoms with Crippen molar-refractivity contribution in [1.82, 2.24) is 14.8 Å². The lowest BCUT2D eigenvalue weighted by Crippen LogP contribution is -2.33. The highest BCUT2D eigenvalue weighted by atomic mass is 16.5. The number of anilines is 1. The maximum Gasteiger partial charge on any atom is 0.226 e. The number of allylic oxidation sites excluding steroid dienone is 2. The summed E-state index contributed by atoms with van der Waals surface area (Å²) in [6.07, 6.45) is 2.64. The molecular weight excluding hydrogens is 452 g/mol. The Morgan fingerprint density at radius 1 is 0.861 bits per heavy atom. The number of hydrogen-bond donors (Lipinski definition) is 1. The Balaban J connectivity index is 1.37. The predicted molar refractivity (Wildman–Crippen MR) is 137 cm³/mol. The van der Waals surface area contributed by atoms with Crippen LogP contribution in [0.5, 0.6) is 11.5 Å². The minimum absolute atomic E-state index is 0.0270. The van der Waals surface area contributed by atoms with Gasteiger partial charge in [0.05, 0.1) is 14.2 Å². The van der Waals surface area contributed by atoms with E-state index in [4.69, 9.17) is 9.47 Å². The largest absolute Gasteiger partial charge is 0.493 e. The standard InChI is InChI=1S/C29H26N4O3/c1-35-25-13-12-21(16-26(25)36-2)22-14-23-27(24(34)15-22)28(33-29(32-23)30-17-31-33)20-10-8-19(9-11-20)18-6-4-3-5-7-18/h3-13,16-17,22,28H,14-15H2,1-2H3,(H,30,31,32). The highest BCUT2D eigenvalue weighted by Crippen LogP contribution is 2.45. The first-order valence-corrected chi connectivity index (χ1v) is 12.0. The lowest BCUT2D eigenvalue weighted by molar-refractivity contribution is -0.116. The van der Waals surface area contributed by atoms with Gasteiger partial charge in [-0.3, -0.25) is 4.79 Å². The highest BCUT2D eigenvalue weighted by Gasteiger charge is 2.39. The van der Waals surface area contributed by atoms with Crippen LogP contribution in [0.4, 0.5) is 5.95 Å². The average Bonchev–Trinajstić information content (AvgIpc) is 3.40. The second-order valence-electron chi connectivity index (χ2n) is 9.08. The lowest BCUT2D eigenvalue weighted by Gasteiger charge is -2.35. The molecule has 1 N–H and O–H groups in total. The fraction of sp³-hybridized carbons (Fsp3) is 0.207. The number of rotatable bonds is 5. The molecule has 2 unspecified atom stereocenters. The number of nitrogens with one attached hydrogen (secondary N) is 1. The molecule has 4 aromatic rings. The number of carbonyl (C=O) groups excluding carboxylic acids is 1. The van der Waals surface area contributed by atoms with Gasteiger partial charge in [0.15, 0.2) is 17.3 Å². The highest BCUT2D eigenvalue weighted by molar-refractivity contribution is 6.00. The van der Waals surface area contributed by atoms with Gasteiger partial charge in [-0.05, 0) is 46.7 Å².